The fourth-order valence-electron chi connectivity index (χ4n) is 4.54. The summed E-state index contributed by atoms with van der Waals surface area (Å²) in [5.74, 6) is -0.342. The lowest BCUT2D eigenvalue weighted by Crippen LogP contribution is -2.45. The van der Waals surface area contributed by atoms with Crippen LogP contribution in [0.3, 0.4) is 0 Å². The maximum absolute atomic E-state index is 12.4. The zero-order valence-electron chi connectivity index (χ0n) is 15.8. The normalized spacial score (nSPS) is 23.9. The first-order chi connectivity index (χ1) is 12.9. The van der Waals surface area contributed by atoms with Gasteiger partial charge in [0.1, 0.15) is 0 Å². The predicted molar refractivity (Wildman–Crippen MR) is 99.4 cm³/mol. The lowest BCUT2D eigenvalue weighted by molar-refractivity contribution is -0.148. The number of rotatable bonds is 6. The van der Waals surface area contributed by atoms with Crippen LogP contribution in [0.2, 0.25) is 0 Å². The third-order valence-corrected chi connectivity index (χ3v) is 5.94. The minimum atomic E-state index is -4.26. The molecule has 0 aromatic heterocycles. The molecule has 27 heavy (non-hydrogen) atoms. The molecule has 1 aromatic carbocycles. The molecule has 2 heterocycles. The van der Waals surface area contributed by atoms with E-state index in [1.807, 2.05) is 6.07 Å². The van der Waals surface area contributed by atoms with Crippen molar-refractivity contribution < 1.29 is 18.0 Å². The highest BCUT2D eigenvalue weighted by molar-refractivity contribution is 5.76. The molecule has 3 nitrogen and oxygen atoms in total. The van der Waals surface area contributed by atoms with Gasteiger partial charge in [-0.05, 0) is 50.8 Å². The van der Waals surface area contributed by atoms with Gasteiger partial charge in [0.2, 0.25) is 5.91 Å². The summed E-state index contributed by atoms with van der Waals surface area (Å²) in [4.78, 5) is 16.3. The summed E-state index contributed by atoms with van der Waals surface area (Å²) in [6, 6.07) is 10.5. The van der Waals surface area contributed by atoms with E-state index in [-0.39, 0.29) is 11.3 Å². The smallest absolute Gasteiger partial charge is 0.342 e. The molecule has 2 aliphatic heterocycles. The number of carbonyl (C=O) groups excluding carboxylic acids is 1. The van der Waals surface area contributed by atoms with Gasteiger partial charge in [-0.2, -0.15) is 13.2 Å². The average molecular weight is 382 g/mol. The molecule has 150 valence electrons. The first-order valence-electron chi connectivity index (χ1n) is 9.96. The monoisotopic (exact) mass is 382 g/mol. The maximum atomic E-state index is 12.4. The third kappa shape index (κ3) is 5.96. The summed E-state index contributed by atoms with van der Waals surface area (Å²) >= 11 is 0. The van der Waals surface area contributed by atoms with Gasteiger partial charge in [-0.15, -0.1) is 0 Å². The number of benzene rings is 1. The molecule has 1 spiro atoms. The van der Waals surface area contributed by atoms with E-state index in [9.17, 15) is 18.0 Å². The van der Waals surface area contributed by atoms with E-state index in [0.29, 0.717) is 13.1 Å². The second kappa shape index (κ2) is 8.63. The summed E-state index contributed by atoms with van der Waals surface area (Å²) in [5.41, 5.74) is 1.44. The first-order valence-corrected chi connectivity index (χ1v) is 9.96. The number of halogens is 3. The van der Waals surface area contributed by atoms with Crippen molar-refractivity contribution in [3.05, 3.63) is 35.9 Å². The highest BCUT2D eigenvalue weighted by Crippen LogP contribution is 2.39. The van der Waals surface area contributed by atoms with Crippen molar-refractivity contribution in [3.63, 3.8) is 0 Å². The average Bonchev–Trinajstić information content (AvgIpc) is 3.03. The Morgan fingerprint density at radius 3 is 2.59 bits per heavy atom. The SMILES string of the molecule is O=C(CCC(F)(F)F)N1CC[C@@]2(CCCN(CCCc3ccccc3)C2)C1. The minimum absolute atomic E-state index is 0.0822. The molecule has 0 radical (unpaired) electrons. The number of carbonyl (C=O) groups is 1. The summed E-state index contributed by atoms with van der Waals surface area (Å²) in [5, 5.41) is 0. The lowest BCUT2D eigenvalue weighted by atomic mass is 9.79. The van der Waals surface area contributed by atoms with E-state index in [1.165, 1.54) is 5.56 Å². The van der Waals surface area contributed by atoms with Gasteiger partial charge in [-0.3, -0.25) is 4.79 Å². The van der Waals surface area contributed by atoms with Crippen LogP contribution >= 0.6 is 0 Å². The van der Waals surface area contributed by atoms with E-state index >= 15 is 0 Å². The van der Waals surface area contributed by atoms with Crippen molar-refractivity contribution in [1.82, 2.24) is 9.80 Å². The van der Waals surface area contributed by atoms with Gasteiger partial charge in [-0.1, -0.05) is 30.3 Å². The van der Waals surface area contributed by atoms with Crippen LogP contribution in [0.25, 0.3) is 0 Å². The Kier molecular flexibility index (Phi) is 6.45. The standard InChI is InChI=1S/C21H29F3N2O/c22-21(23,24)11-9-19(27)26-15-12-20(17-26)10-5-14-25(16-20)13-4-8-18-6-2-1-3-7-18/h1-3,6-7H,4-5,8-17H2/t20-/m1/s1. The van der Waals surface area contributed by atoms with Crippen LogP contribution in [-0.4, -0.2) is 54.6 Å². The van der Waals surface area contributed by atoms with Crippen molar-refractivity contribution in [2.24, 2.45) is 5.41 Å². The Hall–Kier alpha value is -1.56. The molecule has 3 rings (SSSR count). The topological polar surface area (TPSA) is 23.6 Å². The number of hydrogen-bond acceptors (Lipinski definition) is 2. The summed E-state index contributed by atoms with van der Waals surface area (Å²) < 4.78 is 37.1. The molecule has 1 atom stereocenters. The van der Waals surface area contributed by atoms with Crippen molar-refractivity contribution in [2.45, 2.75) is 51.1 Å². The van der Waals surface area contributed by atoms with Gasteiger partial charge >= 0.3 is 6.18 Å². The van der Waals surface area contributed by atoms with Crippen LogP contribution in [0.15, 0.2) is 30.3 Å². The van der Waals surface area contributed by atoms with Gasteiger partial charge in [0, 0.05) is 31.5 Å². The molecule has 2 aliphatic rings. The number of piperidine rings is 1. The number of aryl methyl sites for hydroxylation is 1. The summed E-state index contributed by atoms with van der Waals surface area (Å²) in [6.45, 7) is 4.31. The Morgan fingerprint density at radius 2 is 1.85 bits per heavy atom. The molecule has 0 aliphatic carbocycles. The largest absolute Gasteiger partial charge is 0.389 e. The zero-order chi connectivity index (χ0) is 19.3. The molecule has 2 saturated heterocycles. The molecule has 6 heteroatoms. The van der Waals surface area contributed by atoms with Crippen molar-refractivity contribution in [1.29, 1.82) is 0 Å². The molecule has 1 aromatic rings. The fraction of sp³-hybridized carbons (Fsp3) is 0.667. The second-order valence-corrected chi connectivity index (χ2v) is 8.15. The number of nitrogens with zero attached hydrogens (tertiary/aromatic N) is 2. The number of hydrogen-bond donors (Lipinski definition) is 0. The van der Waals surface area contributed by atoms with Gasteiger partial charge in [-0.25, -0.2) is 0 Å². The number of amides is 1. The Morgan fingerprint density at radius 1 is 1.07 bits per heavy atom. The molecule has 0 N–H and O–H groups in total. The van der Waals surface area contributed by atoms with E-state index in [2.05, 4.69) is 29.2 Å². The van der Waals surface area contributed by atoms with Crippen molar-refractivity contribution in [3.8, 4) is 0 Å². The van der Waals surface area contributed by atoms with Crippen LogP contribution in [0.4, 0.5) is 13.2 Å². The lowest BCUT2D eigenvalue weighted by Gasteiger charge is -2.40. The fourth-order valence-corrected chi connectivity index (χ4v) is 4.54. The van der Waals surface area contributed by atoms with Crippen LogP contribution < -0.4 is 0 Å². The second-order valence-electron chi connectivity index (χ2n) is 8.15. The highest BCUT2D eigenvalue weighted by Gasteiger charge is 2.42. The van der Waals surface area contributed by atoms with Gasteiger partial charge in [0.25, 0.3) is 0 Å². The molecular weight excluding hydrogens is 353 g/mol. The molecule has 0 bridgehead atoms. The van der Waals surface area contributed by atoms with E-state index in [4.69, 9.17) is 0 Å². The van der Waals surface area contributed by atoms with Gasteiger partial charge < -0.3 is 9.80 Å². The van der Waals surface area contributed by atoms with Crippen LogP contribution in [0, 0.1) is 5.41 Å². The van der Waals surface area contributed by atoms with E-state index in [1.54, 1.807) is 4.90 Å². The predicted octanol–water partition coefficient (Wildman–Crippen LogP) is 4.28. The molecule has 0 saturated carbocycles. The summed E-state index contributed by atoms with van der Waals surface area (Å²) in [7, 11) is 0. The van der Waals surface area contributed by atoms with Crippen molar-refractivity contribution in [2.75, 3.05) is 32.7 Å². The van der Waals surface area contributed by atoms with E-state index < -0.39 is 19.0 Å². The van der Waals surface area contributed by atoms with Crippen LogP contribution in [-0.2, 0) is 11.2 Å². The molecule has 0 unspecified atom stereocenters. The quantitative estimate of drug-likeness (QED) is 0.733. The van der Waals surface area contributed by atoms with Gasteiger partial charge in [0.05, 0.1) is 6.42 Å². The van der Waals surface area contributed by atoms with Crippen LogP contribution in [0.5, 0.6) is 0 Å². The third-order valence-electron chi connectivity index (χ3n) is 5.94. The first kappa shape index (κ1) is 20.2. The maximum Gasteiger partial charge on any atom is 0.389 e. The Labute approximate surface area is 159 Å². The molecule has 2 fully saturated rings. The van der Waals surface area contributed by atoms with E-state index in [0.717, 1.165) is 51.7 Å². The number of likely N-dealkylation sites (tertiary alicyclic amines) is 2. The minimum Gasteiger partial charge on any atom is -0.342 e. The summed E-state index contributed by atoms with van der Waals surface area (Å²) in [6.07, 6.45) is -0.420. The van der Waals surface area contributed by atoms with Crippen molar-refractivity contribution >= 4 is 5.91 Å². The molecular formula is C21H29F3N2O. The van der Waals surface area contributed by atoms with Crippen LogP contribution in [0.1, 0.15) is 44.1 Å². The Balaban J connectivity index is 1.45. The van der Waals surface area contributed by atoms with Gasteiger partial charge in [0.15, 0.2) is 0 Å². The molecule has 1 amide bonds. The highest BCUT2D eigenvalue weighted by atomic mass is 19.4. The number of alkyl halides is 3. The Bertz CT molecular complexity index is 620. The zero-order valence-corrected chi connectivity index (χ0v) is 15.8.